The molecule has 0 saturated heterocycles. The van der Waals surface area contributed by atoms with Crippen LogP contribution in [0.2, 0.25) is 0 Å². The molecule has 2 aromatic heterocycles. The third-order valence-corrected chi connectivity index (χ3v) is 5.34. The molecular formula is C23H19FN4O3S. The highest BCUT2D eigenvalue weighted by molar-refractivity contribution is 7.14. The fraction of sp³-hybridized carbons (Fsp3) is 0.130. The molecule has 4 aromatic rings. The van der Waals surface area contributed by atoms with Gasteiger partial charge in [0.05, 0.1) is 17.9 Å². The zero-order chi connectivity index (χ0) is 22.7. The van der Waals surface area contributed by atoms with Crippen LogP contribution in [0.1, 0.15) is 33.3 Å². The molecule has 2 heterocycles. The molecule has 0 unspecified atom stereocenters. The molecule has 0 atom stereocenters. The Morgan fingerprint density at radius 1 is 1.12 bits per heavy atom. The maximum absolute atomic E-state index is 13.3. The van der Waals surface area contributed by atoms with E-state index >= 15 is 0 Å². The van der Waals surface area contributed by atoms with E-state index in [4.69, 9.17) is 4.74 Å². The van der Waals surface area contributed by atoms with E-state index in [2.05, 4.69) is 15.4 Å². The van der Waals surface area contributed by atoms with Gasteiger partial charge in [-0.15, -0.1) is 11.3 Å². The number of halogens is 1. The Bertz CT molecular complexity index is 1260. The zero-order valence-corrected chi connectivity index (χ0v) is 18.1. The molecule has 0 bridgehead atoms. The number of rotatable bonds is 6. The number of carbonyl (C=O) groups excluding carboxylic acids is 2. The van der Waals surface area contributed by atoms with Crippen LogP contribution in [0.3, 0.4) is 0 Å². The highest BCUT2D eigenvalue weighted by Gasteiger charge is 2.21. The van der Waals surface area contributed by atoms with Gasteiger partial charge in [-0.05, 0) is 38.1 Å². The Morgan fingerprint density at radius 2 is 1.84 bits per heavy atom. The molecule has 0 saturated carbocycles. The van der Waals surface area contributed by atoms with Gasteiger partial charge in [-0.2, -0.15) is 5.10 Å². The van der Waals surface area contributed by atoms with Gasteiger partial charge in [0.2, 0.25) is 0 Å². The maximum Gasteiger partial charge on any atom is 0.357 e. The summed E-state index contributed by atoms with van der Waals surface area (Å²) in [7, 11) is 0. The standard InChI is InChI=1S/C23H19FN4O3S/c1-3-31-22(30)19-13-32-23(25-19)26-21(29)18-12-28(17-10-8-16(24)9-11-17)27-20(18)15-6-4-14(2)5-7-15/h4-13H,3H2,1-2H3,(H,25,26,29). The van der Waals surface area contributed by atoms with Crippen molar-refractivity contribution in [3.8, 4) is 16.9 Å². The summed E-state index contributed by atoms with van der Waals surface area (Å²) in [5.41, 5.74) is 3.35. The largest absolute Gasteiger partial charge is 0.461 e. The summed E-state index contributed by atoms with van der Waals surface area (Å²) in [6.07, 6.45) is 1.58. The van der Waals surface area contributed by atoms with Crippen LogP contribution >= 0.6 is 11.3 Å². The first-order valence-corrected chi connectivity index (χ1v) is 10.7. The maximum atomic E-state index is 13.3. The van der Waals surface area contributed by atoms with Crippen LogP contribution in [0.4, 0.5) is 9.52 Å². The number of amides is 1. The molecule has 0 aliphatic heterocycles. The van der Waals surface area contributed by atoms with E-state index in [-0.39, 0.29) is 23.2 Å². The molecule has 162 valence electrons. The Balaban J connectivity index is 1.68. The first kappa shape index (κ1) is 21.4. The van der Waals surface area contributed by atoms with Gasteiger partial charge in [-0.25, -0.2) is 18.9 Å². The van der Waals surface area contributed by atoms with Gasteiger partial charge < -0.3 is 4.74 Å². The van der Waals surface area contributed by atoms with E-state index < -0.39 is 11.9 Å². The van der Waals surface area contributed by atoms with Crippen molar-refractivity contribution in [3.63, 3.8) is 0 Å². The number of ether oxygens (including phenoxy) is 1. The van der Waals surface area contributed by atoms with Gasteiger partial charge in [0.1, 0.15) is 11.5 Å². The minimum Gasteiger partial charge on any atom is -0.461 e. The predicted molar refractivity (Wildman–Crippen MR) is 120 cm³/mol. The van der Waals surface area contributed by atoms with Crippen LogP contribution in [-0.4, -0.2) is 33.2 Å². The van der Waals surface area contributed by atoms with E-state index in [1.54, 1.807) is 25.3 Å². The number of hydrogen-bond acceptors (Lipinski definition) is 6. The monoisotopic (exact) mass is 450 g/mol. The molecule has 32 heavy (non-hydrogen) atoms. The van der Waals surface area contributed by atoms with Gasteiger partial charge in [-0.3, -0.25) is 10.1 Å². The quantitative estimate of drug-likeness (QED) is 0.424. The molecule has 0 fully saturated rings. The van der Waals surface area contributed by atoms with Crippen molar-refractivity contribution in [1.29, 1.82) is 0 Å². The topological polar surface area (TPSA) is 86.1 Å². The van der Waals surface area contributed by atoms with Crippen molar-refractivity contribution < 1.29 is 18.7 Å². The highest BCUT2D eigenvalue weighted by Crippen LogP contribution is 2.26. The van der Waals surface area contributed by atoms with Crippen LogP contribution in [0, 0.1) is 12.7 Å². The number of esters is 1. The lowest BCUT2D eigenvalue weighted by molar-refractivity contribution is 0.0520. The Hall–Kier alpha value is -3.85. The number of aryl methyl sites for hydroxylation is 1. The summed E-state index contributed by atoms with van der Waals surface area (Å²) < 4.78 is 19.8. The SMILES string of the molecule is CCOC(=O)c1csc(NC(=O)c2cn(-c3ccc(F)cc3)nc2-c2ccc(C)cc2)n1. The molecule has 0 aliphatic rings. The lowest BCUT2D eigenvalue weighted by Crippen LogP contribution is -2.13. The normalized spacial score (nSPS) is 10.7. The van der Waals surface area contributed by atoms with Crippen LogP contribution in [0.25, 0.3) is 16.9 Å². The van der Waals surface area contributed by atoms with Crippen LogP contribution in [0.15, 0.2) is 60.1 Å². The van der Waals surface area contributed by atoms with Crippen molar-refractivity contribution in [3.05, 3.63) is 82.7 Å². The summed E-state index contributed by atoms with van der Waals surface area (Å²) >= 11 is 1.12. The van der Waals surface area contributed by atoms with E-state index in [0.29, 0.717) is 16.9 Å². The van der Waals surface area contributed by atoms with E-state index in [1.165, 1.54) is 22.2 Å². The van der Waals surface area contributed by atoms with Gasteiger partial charge in [0, 0.05) is 17.1 Å². The first-order chi connectivity index (χ1) is 15.4. The predicted octanol–water partition coefficient (Wildman–Crippen LogP) is 4.87. The lowest BCUT2D eigenvalue weighted by atomic mass is 10.1. The van der Waals surface area contributed by atoms with E-state index in [0.717, 1.165) is 22.5 Å². The number of aromatic nitrogens is 3. The number of hydrogen-bond donors (Lipinski definition) is 1. The average Bonchev–Trinajstić information content (AvgIpc) is 3.43. The van der Waals surface area contributed by atoms with Gasteiger partial charge in [-0.1, -0.05) is 29.8 Å². The summed E-state index contributed by atoms with van der Waals surface area (Å²) in [6.45, 7) is 3.91. The highest BCUT2D eigenvalue weighted by atomic mass is 32.1. The smallest absolute Gasteiger partial charge is 0.357 e. The minimum atomic E-state index is -0.547. The van der Waals surface area contributed by atoms with E-state index in [1.807, 2.05) is 31.2 Å². The molecule has 0 aliphatic carbocycles. The van der Waals surface area contributed by atoms with E-state index in [9.17, 15) is 14.0 Å². The number of anilines is 1. The first-order valence-electron chi connectivity index (χ1n) is 9.81. The molecule has 1 amide bonds. The van der Waals surface area contributed by atoms with Gasteiger partial charge >= 0.3 is 5.97 Å². The molecule has 0 spiro atoms. The second kappa shape index (κ2) is 9.11. The van der Waals surface area contributed by atoms with Crippen molar-refractivity contribution in [2.24, 2.45) is 0 Å². The summed E-state index contributed by atoms with van der Waals surface area (Å²) in [4.78, 5) is 29.1. The molecule has 1 N–H and O–H groups in total. The van der Waals surface area contributed by atoms with Gasteiger partial charge in [0.15, 0.2) is 10.8 Å². The molecule has 9 heteroatoms. The van der Waals surface area contributed by atoms with Crippen LogP contribution in [-0.2, 0) is 4.74 Å². The second-order valence-corrected chi connectivity index (χ2v) is 7.75. The van der Waals surface area contributed by atoms with Crippen LogP contribution < -0.4 is 5.32 Å². The van der Waals surface area contributed by atoms with Crippen molar-refractivity contribution in [1.82, 2.24) is 14.8 Å². The number of nitrogens with one attached hydrogen (secondary N) is 1. The molecule has 4 rings (SSSR count). The zero-order valence-electron chi connectivity index (χ0n) is 17.3. The minimum absolute atomic E-state index is 0.132. The average molecular weight is 450 g/mol. The molecule has 7 nitrogen and oxygen atoms in total. The van der Waals surface area contributed by atoms with Crippen molar-refractivity contribution in [2.75, 3.05) is 11.9 Å². The third-order valence-electron chi connectivity index (χ3n) is 4.58. The summed E-state index contributed by atoms with van der Waals surface area (Å²) in [6, 6.07) is 13.4. The van der Waals surface area contributed by atoms with Crippen molar-refractivity contribution in [2.45, 2.75) is 13.8 Å². The number of nitrogens with zero attached hydrogens (tertiary/aromatic N) is 3. The Labute approximate surface area is 187 Å². The summed E-state index contributed by atoms with van der Waals surface area (Å²) in [5.74, 6) is -1.34. The fourth-order valence-corrected chi connectivity index (χ4v) is 3.66. The Kier molecular flexibility index (Phi) is 6.09. The molecule has 2 aromatic carbocycles. The van der Waals surface area contributed by atoms with Gasteiger partial charge in [0.25, 0.3) is 5.91 Å². The molecular weight excluding hydrogens is 431 g/mol. The molecule has 0 radical (unpaired) electrons. The van der Waals surface area contributed by atoms with Crippen LogP contribution in [0.5, 0.6) is 0 Å². The van der Waals surface area contributed by atoms with Crippen molar-refractivity contribution >= 4 is 28.3 Å². The number of thiazole rings is 1. The fourth-order valence-electron chi connectivity index (χ4n) is 2.99. The third kappa shape index (κ3) is 4.57. The lowest BCUT2D eigenvalue weighted by Gasteiger charge is -2.03. The number of carbonyl (C=O) groups is 2. The second-order valence-electron chi connectivity index (χ2n) is 6.89. The Morgan fingerprint density at radius 3 is 2.53 bits per heavy atom. The number of benzene rings is 2. The summed E-state index contributed by atoms with van der Waals surface area (Å²) in [5, 5.41) is 9.08.